The fraction of sp³-hybridized carbons (Fsp3) is 0.360. The van der Waals surface area contributed by atoms with E-state index in [1.54, 1.807) is 37.6 Å². The zero-order chi connectivity index (χ0) is 23.3. The number of hydrogen-bond acceptors (Lipinski definition) is 5. The van der Waals surface area contributed by atoms with Gasteiger partial charge in [-0.25, -0.2) is 5.43 Å². The quantitative estimate of drug-likeness (QED) is 0.434. The van der Waals surface area contributed by atoms with E-state index in [0.29, 0.717) is 16.5 Å². The summed E-state index contributed by atoms with van der Waals surface area (Å²) >= 11 is 5.85. The summed E-state index contributed by atoms with van der Waals surface area (Å²) in [6.07, 6.45) is 4.93. The molecule has 0 aromatic heterocycles. The Morgan fingerprint density at radius 3 is 2.62 bits per heavy atom. The largest absolute Gasteiger partial charge is 0.496 e. The lowest BCUT2D eigenvalue weighted by Crippen LogP contribution is -2.45. The first-order valence-electron chi connectivity index (χ1n) is 10.6. The van der Waals surface area contributed by atoms with E-state index in [4.69, 9.17) is 21.1 Å². The van der Waals surface area contributed by atoms with E-state index in [9.17, 15) is 4.79 Å². The van der Waals surface area contributed by atoms with Crippen LogP contribution >= 0.6 is 11.6 Å². The van der Waals surface area contributed by atoms with Crippen molar-refractivity contribution in [2.24, 2.45) is 5.10 Å². The second-order valence-electron chi connectivity index (χ2n) is 8.28. The molecule has 0 aliphatic carbocycles. The van der Waals surface area contributed by atoms with Gasteiger partial charge in [0.25, 0.3) is 5.91 Å². The summed E-state index contributed by atoms with van der Waals surface area (Å²) in [4.78, 5) is 14.5. The first-order valence-corrected chi connectivity index (χ1v) is 11.0. The van der Waals surface area contributed by atoms with Crippen LogP contribution in [0.15, 0.2) is 47.6 Å². The summed E-state index contributed by atoms with van der Waals surface area (Å²) in [6.45, 7) is 9.54. The van der Waals surface area contributed by atoms with Gasteiger partial charge in [-0.15, -0.1) is 0 Å². The Morgan fingerprint density at radius 2 is 1.97 bits per heavy atom. The average molecular weight is 456 g/mol. The molecule has 0 spiro atoms. The van der Waals surface area contributed by atoms with Gasteiger partial charge in [-0.1, -0.05) is 24.6 Å². The van der Waals surface area contributed by atoms with Crippen molar-refractivity contribution in [3.63, 3.8) is 0 Å². The third-order valence-corrected chi connectivity index (χ3v) is 5.60. The van der Waals surface area contributed by atoms with Crippen molar-refractivity contribution in [1.29, 1.82) is 0 Å². The van der Waals surface area contributed by atoms with Crippen LogP contribution in [-0.2, 0) is 4.79 Å². The Labute approximate surface area is 194 Å². The monoisotopic (exact) mass is 455 g/mol. The van der Waals surface area contributed by atoms with Crippen LogP contribution in [0.3, 0.4) is 0 Å². The summed E-state index contributed by atoms with van der Waals surface area (Å²) in [5.41, 5.74) is 6.69. The minimum absolute atomic E-state index is 0.0776. The first kappa shape index (κ1) is 23.7. The number of hydrogen-bond donors (Lipinski definition) is 1. The fourth-order valence-electron chi connectivity index (χ4n) is 3.92. The van der Waals surface area contributed by atoms with E-state index >= 15 is 0 Å². The highest BCUT2D eigenvalue weighted by molar-refractivity contribution is 6.30. The molecule has 32 heavy (non-hydrogen) atoms. The molecule has 2 aromatic carbocycles. The number of ether oxygens (including phenoxy) is 2. The highest BCUT2D eigenvalue weighted by Gasteiger charge is 2.31. The van der Waals surface area contributed by atoms with Gasteiger partial charge in [0.1, 0.15) is 11.5 Å². The predicted octanol–water partition coefficient (Wildman–Crippen LogP) is 5.29. The number of nitrogens with zero attached hydrogens (tertiary/aromatic N) is 2. The van der Waals surface area contributed by atoms with Crippen LogP contribution in [0.1, 0.15) is 45.2 Å². The van der Waals surface area contributed by atoms with Gasteiger partial charge in [0.05, 0.1) is 18.9 Å². The lowest BCUT2D eigenvalue weighted by atomic mass is 9.87. The van der Waals surface area contributed by atoms with Gasteiger partial charge >= 0.3 is 0 Å². The number of halogens is 1. The first-order chi connectivity index (χ1) is 15.2. The minimum Gasteiger partial charge on any atom is -0.496 e. The van der Waals surface area contributed by atoms with Crippen molar-refractivity contribution in [3.8, 4) is 11.5 Å². The van der Waals surface area contributed by atoms with E-state index in [-0.39, 0.29) is 18.1 Å². The van der Waals surface area contributed by atoms with Gasteiger partial charge in [0, 0.05) is 34.4 Å². The summed E-state index contributed by atoms with van der Waals surface area (Å²) < 4.78 is 11.1. The maximum Gasteiger partial charge on any atom is 0.277 e. The lowest BCUT2D eigenvalue weighted by molar-refractivity contribution is -0.123. The Balaban J connectivity index is 1.74. The van der Waals surface area contributed by atoms with Crippen molar-refractivity contribution in [1.82, 2.24) is 5.43 Å². The normalized spacial score (nSPS) is 14.7. The van der Waals surface area contributed by atoms with E-state index in [1.807, 2.05) is 0 Å². The number of fused-ring (bicyclic) bond motifs is 1. The molecule has 0 unspecified atom stereocenters. The van der Waals surface area contributed by atoms with Gasteiger partial charge in [0.15, 0.2) is 6.61 Å². The zero-order valence-corrected chi connectivity index (χ0v) is 20.0. The van der Waals surface area contributed by atoms with Crippen LogP contribution in [-0.4, -0.2) is 37.9 Å². The van der Waals surface area contributed by atoms with Crippen molar-refractivity contribution in [2.75, 3.05) is 25.2 Å². The Bertz CT molecular complexity index is 1030. The third-order valence-electron chi connectivity index (χ3n) is 5.35. The standard InChI is InChI=1S/C25H30ClN3O3/c1-6-11-29-22-13-23(31-5)18(12-21(22)17(2)14-25(29,3)4)15-27-28-24(30)16-32-20-9-7-19(26)8-10-20/h7-10,12-15H,6,11,16H2,1-5H3,(H,28,30)/b27-15-. The Kier molecular flexibility index (Phi) is 7.46. The number of allylic oxidation sites excluding steroid dienone is 1. The van der Waals surface area contributed by atoms with Crippen molar-refractivity contribution >= 4 is 35.0 Å². The third kappa shape index (κ3) is 5.43. The van der Waals surface area contributed by atoms with Crippen LogP contribution in [0, 0.1) is 0 Å². The number of anilines is 1. The SMILES string of the molecule is CCCN1c2cc(OC)c(/C=N\NC(=O)COc3ccc(Cl)cc3)cc2C(C)=CC1(C)C. The highest BCUT2D eigenvalue weighted by atomic mass is 35.5. The van der Waals surface area contributed by atoms with Crippen LogP contribution in [0.4, 0.5) is 5.69 Å². The predicted molar refractivity (Wildman–Crippen MR) is 131 cm³/mol. The second-order valence-corrected chi connectivity index (χ2v) is 8.72. The maximum absolute atomic E-state index is 12.1. The van der Waals surface area contributed by atoms with E-state index < -0.39 is 0 Å². The van der Waals surface area contributed by atoms with E-state index in [1.165, 1.54) is 5.57 Å². The molecule has 1 N–H and O–H groups in total. The smallest absolute Gasteiger partial charge is 0.277 e. The number of amides is 1. The molecule has 0 saturated carbocycles. The topological polar surface area (TPSA) is 63.2 Å². The van der Waals surface area contributed by atoms with E-state index in [2.05, 4.69) is 61.3 Å². The molecule has 0 radical (unpaired) electrons. The summed E-state index contributed by atoms with van der Waals surface area (Å²) in [5, 5.41) is 4.70. The summed E-state index contributed by atoms with van der Waals surface area (Å²) in [5.74, 6) is 0.901. The van der Waals surface area contributed by atoms with Crippen molar-refractivity contribution in [2.45, 2.75) is 39.7 Å². The van der Waals surface area contributed by atoms with Gasteiger partial charge in [0.2, 0.25) is 0 Å². The van der Waals surface area contributed by atoms with Crippen LogP contribution < -0.4 is 19.8 Å². The van der Waals surface area contributed by atoms with Gasteiger partial charge in [-0.3, -0.25) is 4.79 Å². The molecule has 1 heterocycles. The second kappa shape index (κ2) is 10.1. The molecule has 7 heteroatoms. The van der Waals surface area contributed by atoms with Crippen LogP contribution in [0.25, 0.3) is 5.57 Å². The number of methoxy groups -OCH3 is 1. The molecule has 0 atom stereocenters. The lowest BCUT2D eigenvalue weighted by Gasteiger charge is -2.43. The van der Waals surface area contributed by atoms with Gasteiger partial charge in [-0.2, -0.15) is 5.10 Å². The number of hydrazone groups is 1. The highest BCUT2D eigenvalue weighted by Crippen LogP contribution is 2.41. The molecule has 3 rings (SSSR count). The fourth-order valence-corrected chi connectivity index (χ4v) is 4.04. The zero-order valence-electron chi connectivity index (χ0n) is 19.2. The minimum atomic E-state index is -0.361. The van der Waals surface area contributed by atoms with Gasteiger partial charge < -0.3 is 14.4 Å². The molecule has 170 valence electrons. The molecule has 0 saturated heterocycles. The number of nitrogens with one attached hydrogen (secondary N) is 1. The molecule has 1 aliphatic rings. The summed E-state index contributed by atoms with van der Waals surface area (Å²) in [7, 11) is 1.64. The van der Waals surface area contributed by atoms with Crippen LogP contribution in [0.5, 0.6) is 11.5 Å². The molecular weight excluding hydrogens is 426 g/mol. The Hall–Kier alpha value is -2.99. The Morgan fingerprint density at radius 1 is 1.25 bits per heavy atom. The number of carbonyl (C=O) groups is 1. The summed E-state index contributed by atoms with van der Waals surface area (Å²) in [6, 6.07) is 10.9. The number of rotatable bonds is 8. The average Bonchev–Trinajstić information content (AvgIpc) is 2.75. The molecule has 6 nitrogen and oxygen atoms in total. The van der Waals surface area contributed by atoms with E-state index in [0.717, 1.165) is 29.8 Å². The van der Waals surface area contributed by atoms with Crippen molar-refractivity contribution in [3.05, 3.63) is 58.6 Å². The number of carbonyl (C=O) groups excluding carboxylic acids is 1. The van der Waals surface area contributed by atoms with Crippen LogP contribution in [0.2, 0.25) is 5.02 Å². The molecule has 0 fully saturated rings. The molecule has 2 aromatic rings. The van der Waals surface area contributed by atoms with Crippen molar-refractivity contribution < 1.29 is 14.3 Å². The van der Waals surface area contributed by atoms with Gasteiger partial charge in [-0.05, 0) is 63.1 Å². The maximum atomic E-state index is 12.1. The molecule has 1 amide bonds. The molecule has 0 bridgehead atoms. The number of benzene rings is 2. The molecule has 1 aliphatic heterocycles. The molecular formula is C25H30ClN3O3.